The summed E-state index contributed by atoms with van der Waals surface area (Å²) in [6, 6.07) is 9.30. The summed E-state index contributed by atoms with van der Waals surface area (Å²) in [4.78, 5) is 29.7. The van der Waals surface area contributed by atoms with Crippen LogP contribution in [-0.2, 0) is 16.8 Å². The Balaban J connectivity index is 1.79. The molecule has 2 aromatic rings. The number of thioether (sulfide) groups is 1. The van der Waals surface area contributed by atoms with Crippen LogP contribution in [-0.4, -0.2) is 21.2 Å². The minimum absolute atomic E-state index is 0.0597. The van der Waals surface area contributed by atoms with Crippen molar-refractivity contribution in [1.29, 1.82) is 0 Å². The summed E-state index contributed by atoms with van der Waals surface area (Å²) in [5.74, 6) is 0.311. The van der Waals surface area contributed by atoms with Gasteiger partial charge in [-0.1, -0.05) is 44.7 Å². The maximum absolute atomic E-state index is 12.6. The normalized spacial score (nSPS) is 17.0. The molecule has 132 valence electrons. The molecule has 5 nitrogen and oxygen atoms in total. The molecule has 0 saturated carbocycles. The Morgan fingerprint density at radius 1 is 1.32 bits per heavy atom. The standard InChI is InChI=1S/C19H23N3O2S/c1-12-6-5-7-14(8-12)20-17(24)13-10-22-16(23)9-15(19(2,3)4)21-18(22)25-11-13/h5-9,13H,10-11H2,1-4H3,(H,20,24). The van der Waals surface area contributed by atoms with Crippen molar-refractivity contribution < 1.29 is 4.79 Å². The van der Waals surface area contributed by atoms with Gasteiger partial charge < -0.3 is 5.32 Å². The van der Waals surface area contributed by atoms with E-state index in [1.54, 1.807) is 10.6 Å². The van der Waals surface area contributed by atoms with Gasteiger partial charge in [0.05, 0.1) is 11.6 Å². The highest BCUT2D eigenvalue weighted by Crippen LogP contribution is 2.28. The largest absolute Gasteiger partial charge is 0.326 e. The number of carbonyl (C=O) groups excluding carboxylic acids is 1. The van der Waals surface area contributed by atoms with E-state index >= 15 is 0 Å². The summed E-state index contributed by atoms with van der Waals surface area (Å²) < 4.78 is 1.61. The lowest BCUT2D eigenvalue weighted by Gasteiger charge is -2.26. The third kappa shape index (κ3) is 3.95. The molecule has 1 aromatic heterocycles. The van der Waals surface area contributed by atoms with Crippen molar-refractivity contribution in [2.75, 3.05) is 11.1 Å². The third-order valence-corrected chi connectivity index (χ3v) is 5.35. The van der Waals surface area contributed by atoms with Gasteiger partial charge >= 0.3 is 0 Å². The first-order chi connectivity index (χ1) is 11.7. The van der Waals surface area contributed by atoms with Gasteiger partial charge in [-0.05, 0) is 24.6 Å². The van der Waals surface area contributed by atoms with E-state index in [4.69, 9.17) is 0 Å². The number of rotatable bonds is 2. The number of hydrogen-bond donors (Lipinski definition) is 1. The number of aromatic nitrogens is 2. The topological polar surface area (TPSA) is 64.0 Å². The highest BCUT2D eigenvalue weighted by Gasteiger charge is 2.28. The molecule has 3 rings (SSSR count). The Kier molecular flexibility index (Phi) is 4.73. The monoisotopic (exact) mass is 357 g/mol. The molecule has 0 fully saturated rings. The summed E-state index contributed by atoms with van der Waals surface area (Å²) in [7, 11) is 0. The number of fused-ring (bicyclic) bond motifs is 1. The zero-order valence-corrected chi connectivity index (χ0v) is 15.8. The fourth-order valence-corrected chi connectivity index (χ4v) is 3.81. The van der Waals surface area contributed by atoms with Crippen molar-refractivity contribution in [3.8, 4) is 0 Å². The van der Waals surface area contributed by atoms with Crippen LogP contribution in [0, 0.1) is 12.8 Å². The van der Waals surface area contributed by atoms with Gasteiger partial charge in [0.15, 0.2) is 5.16 Å². The predicted molar refractivity (Wildman–Crippen MR) is 101 cm³/mol. The van der Waals surface area contributed by atoms with Crippen LogP contribution < -0.4 is 10.9 Å². The van der Waals surface area contributed by atoms with E-state index in [1.807, 2.05) is 52.0 Å². The highest BCUT2D eigenvalue weighted by atomic mass is 32.2. The lowest BCUT2D eigenvalue weighted by molar-refractivity contribution is -0.119. The van der Waals surface area contributed by atoms with Crippen molar-refractivity contribution >= 4 is 23.4 Å². The van der Waals surface area contributed by atoms with Crippen molar-refractivity contribution in [1.82, 2.24) is 9.55 Å². The average Bonchev–Trinajstić information content (AvgIpc) is 2.53. The van der Waals surface area contributed by atoms with Crippen LogP contribution in [0.2, 0.25) is 0 Å². The molecule has 1 aliphatic rings. The van der Waals surface area contributed by atoms with Crippen LogP contribution in [0.5, 0.6) is 0 Å². The third-order valence-electron chi connectivity index (χ3n) is 4.21. The SMILES string of the molecule is Cc1cccc(NC(=O)C2CSc3nc(C(C)(C)C)cc(=O)n3C2)c1. The van der Waals surface area contributed by atoms with Crippen molar-refractivity contribution in [3.05, 3.63) is 51.9 Å². The Bertz CT molecular complexity index is 868. The maximum Gasteiger partial charge on any atom is 0.254 e. The van der Waals surface area contributed by atoms with Crippen LogP contribution in [0.1, 0.15) is 32.0 Å². The Labute approximate surface area is 151 Å². The number of aryl methyl sites for hydroxylation is 1. The lowest BCUT2D eigenvalue weighted by Crippen LogP contribution is -2.37. The number of hydrogen-bond acceptors (Lipinski definition) is 4. The molecule has 1 aliphatic heterocycles. The Hall–Kier alpha value is -2.08. The summed E-state index contributed by atoms with van der Waals surface area (Å²) in [5.41, 5.74) is 2.41. The smallest absolute Gasteiger partial charge is 0.254 e. The van der Waals surface area contributed by atoms with Crippen molar-refractivity contribution in [2.45, 2.75) is 44.8 Å². The number of benzene rings is 1. The van der Waals surface area contributed by atoms with Gasteiger partial charge in [0.25, 0.3) is 5.56 Å². The van der Waals surface area contributed by atoms with E-state index < -0.39 is 0 Å². The zero-order valence-electron chi connectivity index (χ0n) is 15.0. The first-order valence-corrected chi connectivity index (χ1v) is 9.35. The molecule has 25 heavy (non-hydrogen) atoms. The summed E-state index contributed by atoms with van der Waals surface area (Å²) in [6.45, 7) is 8.48. The lowest BCUT2D eigenvalue weighted by atomic mass is 9.92. The van der Waals surface area contributed by atoms with Crippen molar-refractivity contribution in [3.63, 3.8) is 0 Å². The first-order valence-electron chi connectivity index (χ1n) is 8.37. The Morgan fingerprint density at radius 2 is 2.08 bits per heavy atom. The van der Waals surface area contributed by atoms with Crippen LogP contribution in [0.3, 0.4) is 0 Å². The highest BCUT2D eigenvalue weighted by molar-refractivity contribution is 7.99. The molecule has 1 unspecified atom stereocenters. The predicted octanol–water partition coefficient (Wildman–Crippen LogP) is 3.21. The second kappa shape index (κ2) is 6.67. The molecular formula is C19H23N3O2S. The summed E-state index contributed by atoms with van der Waals surface area (Å²) in [6.07, 6.45) is 0. The zero-order chi connectivity index (χ0) is 18.2. The number of carbonyl (C=O) groups is 1. The van der Waals surface area contributed by atoms with Gasteiger partial charge in [-0.2, -0.15) is 0 Å². The molecule has 0 bridgehead atoms. The molecule has 0 aliphatic carbocycles. The van der Waals surface area contributed by atoms with Gasteiger partial charge in [-0.15, -0.1) is 0 Å². The van der Waals surface area contributed by atoms with Gasteiger partial charge in [0, 0.05) is 29.5 Å². The van der Waals surface area contributed by atoms with Crippen molar-refractivity contribution in [2.24, 2.45) is 5.92 Å². The molecular weight excluding hydrogens is 334 g/mol. The molecule has 0 saturated heterocycles. The molecule has 2 heterocycles. The van der Waals surface area contributed by atoms with Crippen LogP contribution in [0.4, 0.5) is 5.69 Å². The van der Waals surface area contributed by atoms with Gasteiger partial charge in [0.2, 0.25) is 5.91 Å². The molecule has 1 N–H and O–H groups in total. The van der Waals surface area contributed by atoms with Gasteiger partial charge in [-0.25, -0.2) is 4.98 Å². The average molecular weight is 357 g/mol. The molecule has 1 amide bonds. The number of anilines is 1. The molecule has 1 aromatic carbocycles. The molecule has 0 radical (unpaired) electrons. The number of nitrogens with zero attached hydrogens (tertiary/aromatic N) is 2. The quantitative estimate of drug-likeness (QED) is 0.838. The number of amides is 1. The molecule has 1 atom stereocenters. The maximum atomic E-state index is 12.6. The van der Waals surface area contributed by atoms with Crippen LogP contribution >= 0.6 is 11.8 Å². The molecule has 6 heteroatoms. The molecule has 0 spiro atoms. The number of nitrogens with one attached hydrogen (secondary N) is 1. The fraction of sp³-hybridized carbons (Fsp3) is 0.421. The van der Waals surface area contributed by atoms with E-state index in [9.17, 15) is 9.59 Å². The second-order valence-corrected chi connectivity index (χ2v) is 8.48. The van der Waals surface area contributed by atoms with Gasteiger partial charge in [0.1, 0.15) is 0 Å². The second-order valence-electron chi connectivity index (χ2n) is 7.49. The fourth-order valence-electron chi connectivity index (χ4n) is 2.72. The Morgan fingerprint density at radius 3 is 2.76 bits per heavy atom. The minimum atomic E-state index is -0.252. The van der Waals surface area contributed by atoms with E-state index in [0.29, 0.717) is 17.5 Å². The van der Waals surface area contributed by atoms with E-state index in [0.717, 1.165) is 16.9 Å². The summed E-state index contributed by atoms with van der Waals surface area (Å²) in [5, 5.41) is 3.66. The summed E-state index contributed by atoms with van der Waals surface area (Å²) >= 11 is 1.47. The van der Waals surface area contributed by atoms with E-state index in [1.165, 1.54) is 11.8 Å². The van der Waals surface area contributed by atoms with Crippen LogP contribution in [0.25, 0.3) is 0 Å². The first kappa shape index (κ1) is 17.7. The van der Waals surface area contributed by atoms with Crippen LogP contribution in [0.15, 0.2) is 40.3 Å². The van der Waals surface area contributed by atoms with Gasteiger partial charge in [-0.3, -0.25) is 14.2 Å². The van der Waals surface area contributed by atoms with E-state index in [2.05, 4.69) is 10.3 Å². The van der Waals surface area contributed by atoms with E-state index in [-0.39, 0.29) is 22.8 Å². The minimum Gasteiger partial charge on any atom is -0.326 e.